The first-order valence-corrected chi connectivity index (χ1v) is 6.70. The van der Waals surface area contributed by atoms with Crippen molar-refractivity contribution in [3.63, 3.8) is 0 Å². The third-order valence-electron chi connectivity index (χ3n) is 3.85. The number of benzene rings is 1. The molecule has 0 aliphatic carbocycles. The Morgan fingerprint density at radius 2 is 2.22 bits per heavy atom. The maximum atomic E-state index is 12.6. The fourth-order valence-electron chi connectivity index (χ4n) is 2.81. The van der Waals surface area contributed by atoms with Crippen molar-refractivity contribution in [2.24, 2.45) is 5.92 Å². The summed E-state index contributed by atoms with van der Waals surface area (Å²) in [5.41, 5.74) is 8.20. The Labute approximate surface area is 109 Å². The molecule has 1 aromatic rings. The predicted octanol–water partition coefficient (Wildman–Crippen LogP) is 2.84. The number of amides is 1. The van der Waals surface area contributed by atoms with Gasteiger partial charge in [0.15, 0.2) is 0 Å². The molecule has 98 valence electrons. The van der Waals surface area contributed by atoms with Crippen LogP contribution in [0.25, 0.3) is 0 Å². The van der Waals surface area contributed by atoms with Crippen LogP contribution in [-0.4, -0.2) is 23.4 Å². The molecule has 1 heterocycles. The topological polar surface area (TPSA) is 46.3 Å². The van der Waals surface area contributed by atoms with Gasteiger partial charge in [-0.3, -0.25) is 4.79 Å². The second-order valence-corrected chi connectivity index (χ2v) is 5.43. The van der Waals surface area contributed by atoms with Crippen molar-refractivity contribution in [2.45, 2.75) is 39.7 Å². The zero-order valence-corrected chi connectivity index (χ0v) is 11.4. The van der Waals surface area contributed by atoms with Gasteiger partial charge in [-0.05, 0) is 43.4 Å². The molecule has 3 heteroatoms. The van der Waals surface area contributed by atoms with Crippen LogP contribution in [-0.2, 0) is 0 Å². The monoisotopic (exact) mass is 246 g/mol. The first kappa shape index (κ1) is 12.9. The molecule has 1 aromatic carbocycles. The van der Waals surface area contributed by atoms with Gasteiger partial charge >= 0.3 is 0 Å². The van der Waals surface area contributed by atoms with Gasteiger partial charge in [0.25, 0.3) is 5.91 Å². The standard InChI is InChI=1S/C15H22N2O/c1-4-13-7-10(2)9-17(13)15(18)14-8-12(16)6-5-11(14)3/h5-6,8,10,13H,4,7,9,16H2,1-3H3. The lowest BCUT2D eigenvalue weighted by Gasteiger charge is -2.24. The second-order valence-electron chi connectivity index (χ2n) is 5.43. The molecule has 0 saturated carbocycles. The van der Waals surface area contributed by atoms with Crippen molar-refractivity contribution >= 4 is 11.6 Å². The third-order valence-corrected chi connectivity index (χ3v) is 3.85. The molecule has 0 aromatic heterocycles. The number of aryl methyl sites for hydroxylation is 1. The van der Waals surface area contributed by atoms with E-state index in [-0.39, 0.29) is 5.91 Å². The van der Waals surface area contributed by atoms with Crippen LogP contribution in [0.2, 0.25) is 0 Å². The number of hydrogen-bond donors (Lipinski definition) is 1. The van der Waals surface area contributed by atoms with Crippen LogP contribution in [0.3, 0.4) is 0 Å². The largest absolute Gasteiger partial charge is 0.399 e. The zero-order chi connectivity index (χ0) is 13.3. The third kappa shape index (κ3) is 2.35. The van der Waals surface area contributed by atoms with Gasteiger partial charge in [0.1, 0.15) is 0 Å². The highest BCUT2D eigenvalue weighted by atomic mass is 16.2. The molecule has 2 N–H and O–H groups in total. The van der Waals surface area contributed by atoms with E-state index in [2.05, 4.69) is 13.8 Å². The molecule has 18 heavy (non-hydrogen) atoms. The van der Waals surface area contributed by atoms with Crippen molar-refractivity contribution in [3.8, 4) is 0 Å². The van der Waals surface area contributed by atoms with Gasteiger partial charge in [-0.15, -0.1) is 0 Å². The normalized spacial score (nSPS) is 23.4. The number of anilines is 1. The van der Waals surface area contributed by atoms with E-state index in [4.69, 9.17) is 5.73 Å². The first-order chi connectivity index (χ1) is 8.52. The number of likely N-dealkylation sites (tertiary alicyclic amines) is 1. The molecule has 1 saturated heterocycles. The Morgan fingerprint density at radius 1 is 1.50 bits per heavy atom. The molecule has 3 nitrogen and oxygen atoms in total. The maximum Gasteiger partial charge on any atom is 0.254 e. The van der Waals surface area contributed by atoms with E-state index in [1.807, 2.05) is 24.0 Å². The lowest BCUT2D eigenvalue weighted by atomic mass is 10.0. The van der Waals surface area contributed by atoms with E-state index in [9.17, 15) is 4.79 Å². The minimum absolute atomic E-state index is 0.135. The fraction of sp³-hybridized carbons (Fsp3) is 0.533. The summed E-state index contributed by atoms with van der Waals surface area (Å²) in [6.07, 6.45) is 2.14. The highest BCUT2D eigenvalue weighted by Gasteiger charge is 2.32. The van der Waals surface area contributed by atoms with Gasteiger partial charge < -0.3 is 10.6 Å². The molecule has 2 rings (SSSR count). The quantitative estimate of drug-likeness (QED) is 0.816. The number of nitrogens with two attached hydrogens (primary N) is 1. The molecule has 0 bridgehead atoms. The van der Waals surface area contributed by atoms with Gasteiger partial charge in [0, 0.05) is 23.8 Å². The van der Waals surface area contributed by atoms with E-state index >= 15 is 0 Å². The summed E-state index contributed by atoms with van der Waals surface area (Å²) >= 11 is 0. The lowest BCUT2D eigenvalue weighted by molar-refractivity contribution is 0.0729. The molecular weight excluding hydrogens is 224 g/mol. The van der Waals surface area contributed by atoms with Crippen LogP contribution in [0.4, 0.5) is 5.69 Å². The molecule has 2 atom stereocenters. The Bertz CT molecular complexity index is 456. The van der Waals surface area contributed by atoms with Gasteiger partial charge in [-0.2, -0.15) is 0 Å². The van der Waals surface area contributed by atoms with E-state index in [0.717, 1.165) is 30.5 Å². The molecule has 0 radical (unpaired) electrons. The average Bonchev–Trinajstić information content (AvgIpc) is 2.72. The van der Waals surface area contributed by atoms with Crippen molar-refractivity contribution in [2.75, 3.05) is 12.3 Å². The highest BCUT2D eigenvalue weighted by Crippen LogP contribution is 2.27. The van der Waals surface area contributed by atoms with Gasteiger partial charge in [-0.1, -0.05) is 19.9 Å². The van der Waals surface area contributed by atoms with Crippen LogP contribution in [0.15, 0.2) is 18.2 Å². The summed E-state index contributed by atoms with van der Waals surface area (Å²) in [7, 11) is 0. The van der Waals surface area contributed by atoms with Crippen molar-refractivity contribution in [3.05, 3.63) is 29.3 Å². The van der Waals surface area contributed by atoms with Crippen LogP contribution >= 0.6 is 0 Å². The Balaban J connectivity index is 2.28. The van der Waals surface area contributed by atoms with Crippen molar-refractivity contribution < 1.29 is 4.79 Å². The molecule has 0 spiro atoms. The summed E-state index contributed by atoms with van der Waals surface area (Å²) in [6.45, 7) is 7.19. The minimum atomic E-state index is 0.135. The molecule has 2 unspecified atom stereocenters. The number of rotatable bonds is 2. The molecule has 1 aliphatic heterocycles. The second kappa shape index (κ2) is 5.01. The van der Waals surface area contributed by atoms with Gasteiger partial charge in [-0.25, -0.2) is 0 Å². The fourth-order valence-corrected chi connectivity index (χ4v) is 2.81. The van der Waals surface area contributed by atoms with Crippen LogP contribution in [0, 0.1) is 12.8 Å². The Kier molecular flexibility index (Phi) is 3.60. The lowest BCUT2D eigenvalue weighted by Crippen LogP contribution is -2.35. The van der Waals surface area contributed by atoms with E-state index in [1.165, 1.54) is 0 Å². The van der Waals surface area contributed by atoms with E-state index in [1.54, 1.807) is 6.07 Å². The minimum Gasteiger partial charge on any atom is -0.399 e. The predicted molar refractivity (Wildman–Crippen MR) is 74.5 cm³/mol. The van der Waals surface area contributed by atoms with Gasteiger partial charge in [0.05, 0.1) is 0 Å². The summed E-state index contributed by atoms with van der Waals surface area (Å²) < 4.78 is 0. The van der Waals surface area contributed by atoms with Crippen LogP contribution in [0.1, 0.15) is 42.6 Å². The Hall–Kier alpha value is -1.51. The molecular formula is C15H22N2O. The number of hydrogen-bond acceptors (Lipinski definition) is 2. The summed E-state index contributed by atoms with van der Waals surface area (Å²) in [5, 5.41) is 0. The SMILES string of the molecule is CCC1CC(C)CN1C(=O)c1cc(N)ccc1C. The van der Waals surface area contributed by atoms with Crippen molar-refractivity contribution in [1.82, 2.24) is 4.90 Å². The summed E-state index contributed by atoms with van der Waals surface area (Å²) in [4.78, 5) is 14.6. The van der Waals surface area contributed by atoms with E-state index < -0.39 is 0 Å². The average molecular weight is 246 g/mol. The number of carbonyl (C=O) groups is 1. The van der Waals surface area contributed by atoms with Crippen LogP contribution < -0.4 is 5.73 Å². The first-order valence-electron chi connectivity index (χ1n) is 6.70. The van der Waals surface area contributed by atoms with Crippen molar-refractivity contribution in [1.29, 1.82) is 0 Å². The number of nitrogen functional groups attached to an aromatic ring is 1. The highest BCUT2D eigenvalue weighted by molar-refractivity contribution is 5.96. The molecule has 1 aliphatic rings. The molecule has 1 amide bonds. The van der Waals surface area contributed by atoms with E-state index in [0.29, 0.717) is 17.6 Å². The summed E-state index contributed by atoms with van der Waals surface area (Å²) in [6, 6.07) is 5.94. The smallest absolute Gasteiger partial charge is 0.254 e. The number of nitrogens with zero attached hydrogens (tertiary/aromatic N) is 1. The number of carbonyl (C=O) groups excluding carboxylic acids is 1. The maximum absolute atomic E-state index is 12.6. The van der Waals surface area contributed by atoms with Crippen LogP contribution in [0.5, 0.6) is 0 Å². The summed E-state index contributed by atoms with van der Waals surface area (Å²) in [5.74, 6) is 0.733. The Morgan fingerprint density at radius 3 is 2.89 bits per heavy atom. The van der Waals surface area contributed by atoms with Gasteiger partial charge in [0.2, 0.25) is 0 Å². The zero-order valence-electron chi connectivity index (χ0n) is 11.4. The molecule has 1 fully saturated rings.